The molecule has 0 atom stereocenters. The second kappa shape index (κ2) is 9.67. The van der Waals surface area contributed by atoms with E-state index in [1.807, 2.05) is 30.3 Å². The Morgan fingerprint density at radius 3 is 2.70 bits per heavy atom. The number of hydrogen-bond acceptors (Lipinski definition) is 4. The lowest BCUT2D eigenvalue weighted by Crippen LogP contribution is -2.36. The molecule has 3 aromatic rings. The Balaban J connectivity index is 1.34. The number of allylic oxidation sites excluding steroid dienone is 1. The predicted octanol–water partition coefficient (Wildman–Crippen LogP) is 5.79. The van der Waals surface area contributed by atoms with Gasteiger partial charge in [-0.15, -0.1) is 0 Å². The highest BCUT2D eigenvalue weighted by atomic mass is 79.9. The number of pyridine rings is 2. The fourth-order valence-corrected chi connectivity index (χ4v) is 3.72. The summed E-state index contributed by atoms with van der Waals surface area (Å²) in [5.74, 6) is 1.27. The minimum absolute atomic E-state index is 0.0491. The van der Waals surface area contributed by atoms with Gasteiger partial charge in [-0.2, -0.15) is 0 Å². The number of carbonyl (C=O) groups excluding carboxylic acids is 1. The molecule has 1 amide bonds. The van der Waals surface area contributed by atoms with E-state index in [4.69, 9.17) is 4.74 Å². The third-order valence-corrected chi connectivity index (χ3v) is 5.51. The van der Waals surface area contributed by atoms with Crippen molar-refractivity contribution in [3.05, 3.63) is 88.3 Å². The Labute approximate surface area is 184 Å². The van der Waals surface area contributed by atoms with Gasteiger partial charge in [0, 0.05) is 35.2 Å². The molecule has 0 spiro atoms. The van der Waals surface area contributed by atoms with E-state index < -0.39 is 0 Å². The number of aromatic nitrogens is 2. The van der Waals surface area contributed by atoms with E-state index in [0.29, 0.717) is 11.4 Å². The Morgan fingerprint density at radius 1 is 1.10 bits per heavy atom. The summed E-state index contributed by atoms with van der Waals surface area (Å²) in [6.07, 6.45) is 11.0. The van der Waals surface area contributed by atoms with Crippen molar-refractivity contribution < 1.29 is 9.53 Å². The number of nitrogens with one attached hydrogen (secondary N) is 1. The summed E-state index contributed by atoms with van der Waals surface area (Å²) in [6, 6.07) is 15.5. The van der Waals surface area contributed by atoms with Crippen LogP contribution in [0.5, 0.6) is 11.6 Å². The predicted molar refractivity (Wildman–Crippen MR) is 120 cm³/mol. The van der Waals surface area contributed by atoms with Crippen LogP contribution >= 0.6 is 15.9 Å². The molecule has 1 fully saturated rings. The molecule has 1 aliphatic carbocycles. The topological polar surface area (TPSA) is 64.1 Å². The van der Waals surface area contributed by atoms with Crippen LogP contribution in [0.15, 0.2) is 77.2 Å². The van der Waals surface area contributed by atoms with Crippen molar-refractivity contribution in [1.29, 1.82) is 0 Å². The summed E-state index contributed by atoms with van der Waals surface area (Å²) in [6.45, 7) is 0. The molecule has 5 nitrogen and oxygen atoms in total. The summed E-state index contributed by atoms with van der Waals surface area (Å²) in [5, 5.41) is 3.12. The fourth-order valence-electron chi connectivity index (χ4n) is 3.49. The van der Waals surface area contributed by atoms with E-state index in [9.17, 15) is 4.79 Å². The molecule has 2 heterocycles. The Hall–Kier alpha value is -2.99. The fraction of sp³-hybridized carbons (Fsp3) is 0.208. The van der Waals surface area contributed by atoms with E-state index in [1.54, 1.807) is 30.7 Å². The lowest BCUT2D eigenvalue weighted by molar-refractivity contribution is 0.0930. The first kappa shape index (κ1) is 20.3. The molecule has 0 saturated heterocycles. The van der Waals surface area contributed by atoms with Gasteiger partial charge in [0.25, 0.3) is 5.91 Å². The summed E-state index contributed by atoms with van der Waals surface area (Å²) in [7, 11) is 0. The van der Waals surface area contributed by atoms with Gasteiger partial charge in [-0.05, 0) is 77.5 Å². The molecule has 0 unspecified atom stereocenters. The van der Waals surface area contributed by atoms with Crippen LogP contribution in [0.25, 0.3) is 6.08 Å². The first-order valence-electron chi connectivity index (χ1n) is 9.95. The molecule has 2 aromatic heterocycles. The highest BCUT2D eigenvalue weighted by Crippen LogP contribution is 2.28. The van der Waals surface area contributed by atoms with Crippen molar-refractivity contribution in [3.8, 4) is 11.6 Å². The van der Waals surface area contributed by atoms with E-state index >= 15 is 0 Å². The molecule has 0 bridgehead atoms. The molecule has 1 aromatic carbocycles. The Morgan fingerprint density at radius 2 is 1.97 bits per heavy atom. The van der Waals surface area contributed by atoms with Gasteiger partial charge in [0.15, 0.2) is 0 Å². The molecule has 0 radical (unpaired) electrons. The number of carbonyl (C=O) groups is 1. The normalized spacial score (nSPS) is 16.0. The van der Waals surface area contributed by atoms with Gasteiger partial charge in [-0.1, -0.05) is 23.8 Å². The standard InChI is InChI=1S/C24H22BrN3O2/c25-20-8-11-23(27-16-20)30-22-5-1-3-18(14-22)13-17-6-9-21(10-7-17)28-24(29)19-4-2-12-26-15-19/h1-5,8,11-16,21H,6-7,9-10H2,(H,28,29). The zero-order chi connectivity index (χ0) is 20.8. The monoisotopic (exact) mass is 463 g/mol. The van der Waals surface area contributed by atoms with Crippen molar-refractivity contribution in [2.24, 2.45) is 0 Å². The maximum Gasteiger partial charge on any atom is 0.253 e. The minimum atomic E-state index is -0.0491. The number of hydrogen-bond donors (Lipinski definition) is 1. The average molecular weight is 464 g/mol. The highest BCUT2D eigenvalue weighted by molar-refractivity contribution is 9.10. The maximum absolute atomic E-state index is 12.3. The molecule has 1 aliphatic rings. The van der Waals surface area contributed by atoms with E-state index in [-0.39, 0.29) is 11.9 Å². The van der Waals surface area contributed by atoms with E-state index in [1.165, 1.54) is 5.57 Å². The second-order valence-electron chi connectivity index (χ2n) is 7.28. The van der Waals surface area contributed by atoms with Crippen molar-refractivity contribution >= 4 is 27.9 Å². The van der Waals surface area contributed by atoms with Gasteiger partial charge in [0.05, 0.1) is 5.56 Å². The third kappa shape index (κ3) is 5.54. The quantitative estimate of drug-likeness (QED) is 0.520. The number of rotatable bonds is 5. The molecule has 30 heavy (non-hydrogen) atoms. The minimum Gasteiger partial charge on any atom is -0.439 e. The number of ether oxygens (including phenoxy) is 1. The van der Waals surface area contributed by atoms with Crippen LogP contribution in [-0.2, 0) is 0 Å². The van der Waals surface area contributed by atoms with Crippen LogP contribution in [0.3, 0.4) is 0 Å². The number of amides is 1. The van der Waals surface area contributed by atoms with E-state index in [2.05, 4.69) is 43.4 Å². The average Bonchev–Trinajstić information content (AvgIpc) is 2.78. The molecule has 1 N–H and O–H groups in total. The van der Waals surface area contributed by atoms with Gasteiger partial charge >= 0.3 is 0 Å². The molecule has 0 aliphatic heterocycles. The van der Waals surface area contributed by atoms with Crippen LogP contribution < -0.4 is 10.1 Å². The van der Waals surface area contributed by atoms with Crippen LogP contribution in [0.2, 0.25) is 0 Å². The highest BCUT2D eigenvalue weighted by Gasteiger charge is 2.19. The summed E-state index contributed by atoms with van der Waals surface area (Å²) >= 11 is 3.38. The molecular formula is C24H22BrN3O2. The van der Waals surface area contributed by atoms with Crippen molar-refractivity contribution in [1.82, 2.24) is 15.3 Å². The smallest absolute Gasteiger partial charge is 0.253 e. The van der Waals surface area contributed by atoms with Gasteiger partial charge in [0.2, 0.25) is 5.88 Å². The van der Waals surface area contributed by atoms with Gasteiger partial charge in [-0.25, -0.2) is 4.98 Å². The van der Waals surface area contributed by atoms with Gasteiger partial charge < -0.3 is 10.1 Å². The van der Waals surface area contributed by atoms with Gasteiger partial charge in [-0.3, -0.25) is 9.78 Å². The molecule has 1 saturated carbocycles. The first-order chi connectivity index (χ1) is 14.7. The Kier molecular flexibility index (Phi) is 6.54. The van der Waals surface area contributed by atoms with Crippen LogP contribution in [0.4, 0.5) is 0 Å². The maximum atomic E-state index is 12.3. The molecular weight excluding hydrogens is 442 g/mol. The molecule has 4 rings (SSSR count). The first-order valence-corrected chi connectivity index (χ1v) is 10.7. The Bertz CT molecular complexity index is 1030. The lowest BCUT2D eigenvalue weighted by Gasteiger charge is -2.25. The summed E-state index contributed by atoms with van der Waals surface area (Å²) in [4.78, 5) is 20.6. The van der Waals surface area contributed by atoms with Gasteiger partial charge in [0.1, 0.15) is 5.75 Å². The SMILES string of the molecule is O=C(NC1CCC(=Cc2cccc(Oc3ccc(Br)cn3)c2)CC1)c1cccnc1. The van der Waals surface area contributed by atoms with Crippen LogP contribution in [-0.4, -0.2) is 21.9 Å². The lowest BCUT2D eigenvalue weighted by atomic mass is 9.89. The third-order valence-electron chi connectivity index (χ3n) is 5.04. The molecule has 6 heteroatoms. The number of benzene rings is 1. The van der Waals surface area contributed by atoms with Crippen LogP contribution in [0, 0.1) is 0 Å². The van der Waals surface area contributed by atoms with Crippen molar-refractivity contribution in [3.63, 3.8) is 0 Å². The second-order valence-corrected chi connectivity index (χ2v) is 8.20. The van der Waals surface area contributed by atoms with Crippen LogP contribution in [0.1, 0.15) is 41.6 Å². The largest absolute Gasteiger partial charge is 0.439 e. The zero-order valence-electron chi connectivity index (χ0n) is 16.4. The van der Waals surface area contributed by atoms with Crippen molar-refractivity contribution in [2.45, 2.75) is 31.7 Å². The number of halogens is 1. The van der Waals surface area contributed by atoms with E-state index in [0.717, 1.165) is 41.5 Å². The zero-order valence-corrected chi connectivity index (χ0v) is 18.0. The summed E-state index contributed by atoms with van der Waals surface area (Å²) < 4.78 is 6.77. The summed E-state index contributed by atoms with van der Waals surface area (Å²) in [5.41, 5.74) is 3.11. The number of nitrogens with zero attached hydrogens (tertiary/aromatic N) is 2. The molecule has 152 valence electrons. The van der Waals surface area contributed by atoms with Crippen molar-refractivity contribution in [2.75, 3.05) is 0 Å².